The lowest BCUT2D eigenvalue weighted by Crippen LogP contribution is -2.42. The summed E-state index contributed by atoms with van der Waals surface area (Å²) in [6.07, 6.45) is 1.12. The molecule has 0 amide bonds. The molecule has 1 fully saturated rings. The lowest BCUT2D eigenvalue weighted by Gasteiger charge is -2.28. The summed E-state index contributed by atoms with van der Waals surface area (Å²) in [5.41, 5.74) is 2.21. The van der Waals surface area contributed by atoms with E-state index in [9.17, 15) is 13.5 Å². The van der Waals surface area contributed by atoms with E-state index in [1.54, 1.807) is 0 Å². The van der Waals surface area contributed by atoms with Gasteiger partial charge in [0.25, 0.3) is 0 Å². The maximum atomic E-state index is 11.7. The number of H-pyrrole nitrogens is 1. The average molecular weight is 308 g/mol. The van der Waals surface area contributed by atoms with Crippen molar-refractivity contribution in [3.05, 3.63) is 36.0 Å². The first kappa shape index (κ1) is 14.6. The van der Waals surface area contributed by atoms with Crippen LogP contribution in [0.2, 0.25) is 0 Å². The molecule has 1 aromatic heterocycles. The number of aliphatic hydroxyl groups excluding tert-OH is 1. The number of rotatable bonds is 4. The number of aromatic nitrogens is 1. The average Bonchev–Trinajstić information content (AvgIpc) is 2.99. The molecular weight excluding hydrogens is 288 g/mol. The van der Waals surface area contributed by atoms with E-state index in [0.717, 1.165) is 16.5 Å². The number of aromatic amines is 1. The van der Waals surface area contributed by atoms with Crippen LogP contribution < -0.4 is 0 Å². The Bertz CT molecular complexity index is 738. The summed E-state index contributed by atoms with van der Waals surface area (Å²) >= 11 is 0. The number of benzene rings is 1. The van der Waals surface area contributed by atoms with Gasteiger partial charge in [-0.25, -0.2) is 8.42 Å². The molecular formula is C15H20N2O3S. The quantitative estimate of drug-likeness (QED) is 0.888. The highest BCUT2D eigenvalue weighted by Crippen LogP contribution is 2.22. The molecule has 1 aliphatic rings. The predicted molar refractivity (Wildman–Crippen MR) is 82.8 cm³/mol. The molecule has 5 nitrogen and oxygen atoms in total. The fourth-order valence-corrected chi connectivity index (χ4v) is 4.89. The van der Waals surface area contributed by atoms with Gasteiger partial charge in [0.05, 0.1) is 23.7 Å². The second kappa shape index (κ2) is 5.44. The minimum atomic E-state index is -3.11. The van der Waals surface area contributed by atoms with Crippen molar-refractivity contribution in [1.29, 1.82) is 0 Å². The minimum Gasteiger partial charge on any atom is -0.390 e. The minimum absolute atomic E-state index is 0.0500. The molecule has 0 bridgehead atoms. The monoisotopic (exact) mass is 308 g/mol. The molecule has 0 radical (unpaired) electrons. The Morgan fingerprint density at radius 1 is 1.33 bits per heavy atom. The number of likely N-dealkylation sites (N-methyl/N-ethyl adjacent to an activating group) is 1. The largest absolute Gasteiger partial charge is 0.390 e. The van der Waals surface area contributed by atoms with Gasteiger partial charge in [-0.2, -0.15) is 0 Å². The third-order valence-electron chi connectivity index (χ3n) is 4.17. The molecule has 3 rings (SSSR count). The first-order chi connectivity index (χ1) is 9.98. The Hall–Kier alpha value is -1.37. The lowest BCUT2D eigenvalue weighted by atomic mass is 10.1. The smallest absolute Gasteiger partial charge is 0.154 e. The van der Waals surface area contributed by atoms with Crippen LogP contribution in [0.4, 0.5) is 0 Å². The Labute approximate surface area is 124 Å². The van der Waals surface area contributed by atoms with E-state index in [-0.39, 0.29) is 17.5 Å². The van der Waals surface area contributed by atoms with Crippen LogP contribution in [0.25, 0.3) is 10.9 Å². The molecule has 2 atom stereocenters. The Balaban J connectivity index is 1.80. The number of sulfone groups is 1. The predicted octanol–water partition coefficient (Wildman–Crippen LogP) is 1.15. The SMILES string of the molecule is CCN(Cc1ccc2[nH]ccc2c1)[C@H]1CS(=O)(=O)C[C@@H]1O. The summed E-state index contributed by atoms with van der Waals surface area (Å²) in [5.74, 6) is -0.0700. The van der Waals surface area contributed by atoms with E-state index < -0.39 is 15.9 Å². The standard InChI is InChI=1S/C15H20N2O3S/c1-2-17(14-9-21(19,20)10-15(14)18)8-11-3-4-13-12(7-11)5-6-16-13/h3-7,14-16,18H,2,8-10H2,1H3/t14-,15-/m0/s1. The van der Waals surface area contributed by atoms with Crippen molar-refractivity contribution in [3.8, 4) is 0 Å². The fourth-order valence-electron chi connectivity index (χ4n) is 3.06. The van der Waals surface area contributed by atoms with Crippen LogP contribution in [0.15, 0.2) is 30.5 Å². The molecule has 0 unspecified atom stereocenters. The molecule has 2 aromatic rings. The zero-order chi connectivity index (χ0) is 15.0. The molecule has 1 aromatic carbocycles. The van der Waals surface area contributed by atoms with Gasteiger partial charge in [0.2, 0.25) is 0 Å². The first-order valence-corrected chi connectivity index (χ1v) is 8.99. The highest BCUT2D eigenvalue weighted by molar-refractivity contribution is 7.91. The normalized spacial score (nSPS) is 24.9. The van der Waals surface area contributed by atoms with Crippen LogP contribution in [0.3, 0.4) is 0 Å². The van der Waals surface area contributed by atoms with Gasteiger partial charge in [-0.05, 0) is 35.7 Å². The summed E-state index contributed by atoms with van der Waals surface area (Å²) in [4.78, 5) is 5.20. The van der Waals surface area contributed by atoms with E-state index in [4.69, 9.17) is 0 Å². The van der Waals surface area contributed by atoms with E-state index in [2.05, 4.69) is 11.1 Å². The molecule has 0 aliphatic carbocycles. The molecule has 1 saturated heterocycles. The van der Waals surface area contributed by atoms with Crippen molar-refractivity contribution >= 4 is 20.7 Å². The Morgan fingerprint density at radius 2 is 2.14 bits per heavy atom. The summed E-state index contributed by atoms with van der Waals surface area (Å²) in [6.45, 7) is 3.35. The highest BCUT2D eigenvalue weighted by atomic mass is 32.2. The maximum Gasteiger partial charge on any atom is 0.154 e. The van der Waals surface area contributed by atoms with Crippen molar-refractivity contribution in [2.45, 2.75) is 25.6 Å². The van der Waals surface area contributed by atoms with Crippen molar-refractivity contribution < 1.29 is 13.5 Å². The Morgan fingerprint density at radius 3 is 2.81 bits per heavy atom. The molecule has 2 heterocycles. The number of aliphatic hydroxyl groups is 1. The zero-order valence-corrected chi connectivity index (χ0v) is 12.8. The van der Waals surface area contributed by atoms with Crippen molar-refractivity contribution in [1.82, 2.24) is 9.88 Å². The van der Waals surface area contributed by atoms with E-state index >= 15 is 0 Å². The van der Waals surface area contributed by atoms with Gasteiger partial charge in [-0.3, -0.25) is 4.90 Å². The van der Waals surface area contributed by atoms with Gasteiger partial charge in [0.1, 0.15) is 0 Å². The number of nitrogens with zero attached hydrogens (tertiary/aromatic N) is 1. The summed E-state index contributed by atoms with van der Waals surface area (Å²) in [6, 6.07) is 7.88. The van der Waals surface area contributed by atoms with E-state index in [1.807, 2.05) is 36.2 Å². The van der Waals surface area contributed by atoms with E-state index in [1.165, 1.54) is 0 Å². The third kappa shape index (κ3) is 2.97. The molecule has 21 heavy (non-hydrogen) atoms. The second-order valence-electron chi connectivity index (χ2n) is 5.67. The van der Waals surface area contributed by atoms with Gasteiger partial charge in [-0.1, -0.05) is 13.0 Å². The fraction of sp³-hybridized carbons (Fsp3) is 0.467. The second-order valence-corrected chi connectivity index (χ2v) is 7.83. The highest BCUT2D eigenvalue weighted by Gasteiger charge is 2.39. The van der Waals surface area contributed by atoms with Crippen LogP contribution in [-0.2, 0) is 16.4 Å². The van der Waals surface area contributed by atoms with Gasteiger partial charge in [0, 0.05) is 18.3 Å². The van der Waals surface area contributed by atoms with Gasteiger partial charge in [0.15, 0.2) is 9.84 Å². The molecule has 1 aliphatic heterocycles. The van der Waals surface area contributed by atoms with Crippen LogP contribution in [0, 0.1) is 0 Å². The van der Waals surface area contributed by atoms with Crippen molar-refractivity contribution in [2.75, 3.05) is 18.1 Å². The molecule has 2 N–H and O–H groups in total. The van der Waals surface area contributed by atoms with Crippen LogP contribution in [-0.4, -0.2) is 53.6 Å². The van der Waals surface area contributed by atoms with Crippen LogP contribution in [0.5, 0.6) is 0 Å². The van der Waals surface area contributed by atoms with E-state index in [0.29, 0.717) is 13.1 Å². The summed E-state index contributed by atoms with van der Waals surface area (Å²) in [5, 5.41) is 11.2. The third-order valence-corrected chi connectivity index (χ3v) is 5.87. The Kier molecular flexibility index (Phi) is 3.77. The van der Waals surface area contributed by atoms with Crippen LogP contribution >= 0.6 is 0 Å². The number of nitrogens with one attached hydrogen (secondary N) is 1. The van der Waals surface area contributed by atoms with Gasteiger partial charge < -0.3 is 10.1 Å². The molecule has 0 spiro atoms. The molecule has 114 valence electrons. The van der Waals surface area contributed by atoms with Crippen LogP contribution in [0.1, 0.15) is 12.5 Å². The number of fused-ring (bicyclic) bond motifs is 1. The summed E-state index contributed by atoms with van der Waals surface area (Å²) in [7, 11) is -3.11. The zero-order valence-electron chi connectivity index (χ0n) is 12.0. The molecule has 0 saturated carbocycles. The summed E-state index contributed by atoms with van der Waals surface area (Å²) < 4.78 is 23.3. The maximum absolute atomic E-state index is 11.7. The lowest BCUT2D eigenvalue weighted by molar-refractivity contribution is 0.0819. The van der Waals surface area contributed by atoms with Gasteiger partial charge in [-0.15, -0.1) is 0 Å². The number of hydrogen-bond acceptors (Lipinski definition) is 4. The first-order valence-electron chi connectivity index (χ1n) is 7.17. The molecule has 6 heteroatoms. The van der Waals surface area contributed by atoms with Crippen molar-refractivity contribution in [2.24, 2.45) is 0 Å². The number of hydrogen-bond donors (Lipinski definition) is 2. The van der Waals surface area contributed by atoms with Crippen molar-refractivity contribution in [3.63, 3.8) is 0 Å². The topological polar surface area (TPSA) is 73.4 Å². The van der Waals surface area contributed by atoms with Gasteiger partial charge >= 0.3 is 0 Å².